The highest BCUT2D eigenvalue weighted by Gasteiger charge is 2.40. The Balaban J connectivity index is 1.61. The third-order valence-corrected chi connectivity index (χ3v) is 6.84. The number of nitrogens with zero attached hydrogens (tertiary/aromatic N) is 1. The predicted octanol–water partition coefficient (Wildman–Crippen LogP) is 2.43. The number of benzene rings is 1. The molecule has 120 valence electrons. The number of fused-ring (bicyclic) bond motifs is 1. The van der Waals surface area contributed by atoms with Gasteiger partial charge < -0.3 is 4.74 Å². The van der Waals surface area contributed by atoms with Crippen molar-refractivity contribution in [3.63, 3.8) is 0 Å². The summed E-state index contributed by atoms with van der Waals surface area (Å²) >= 11 is 6.24. The number of sulfone groups is 1. The van der Waals surface area contributed by atoms with Crippen LogP contribution in [0.2, 0.25) is 5.02 Å². The molecule has 1 aromatic carbocycles. The van der Waals surface area contributed by atoms with E-state index in [1.165, 1.54) is 18.4 Å². The molecule has 2 heterocycles. The average molecular weight is 342 g/mol. The molecule has 0 aromatic heterocycles. The Morgan fingerprint density at radius 3 is 2.73 bits per heavy atom. The van der Waals surface area contributed by atoms with Gasteiger partial charge in [0.2, 0.25) is 0 Å². The van der Waals surface area contributed by atoms with Crippen LogP contribution in [0.1, 0.15) is 30.4 Å². The topological polar surface area (TPSA) is 46.6 Å². The van der Waals surface area contributed by atoms with Crippen molar-refractivity contribution < 1.29 is 13.2 Å². The van der Waals surface area contributed by atoms with Gasteiger partial charge in [-0.25, -0.2) is 8.42 Å². The van der Waals surface area contributed by atoms with E-state index in [4.69, 9.17) is 16.3 Å². The maximum atomic E-state index is 11.8. The molecule has 0 N–H and O–H groups in total. The van der Waals surface area contributed by atoms with Gasteiger partial charge in [-0.15, -0.1) is 0 Å². The van der Waals surface area contributed by atoms with E-state index in [0.717, 1.165) is 35.7 Å². The molecule has 6 heteroatoms. The maximum Gasteiger partial charge on any atom is 0.151 e. The van der Waals surface area contributed by atoms with E-state index in [0.29, 0.717) is 24.2 Å². The summed E-state index contributed by atoms with van der Waals surface area (Å²) in [4.78, 5) is 2.37. The second kappa shape index (κ2) is 5.39. The van der Waals surface area contributed by atoms with Gasteiger partial charge in [0.15, 0.2) is 9.84 Å². The standard InChI is InChI=1S/C16H20ClNO3S/c17-13-7-11-3-5-21-16(11)12(8-13)9-18(14-1-2-14)15-4-6-22(19,20)10-15/h7-8,14-15H,1-6,9-10H2/t15-/m0/s1. The Bertz CT molecular complexity index is 700. The molecule has 22 heavy (non-hydrogen) atoms. The van der Waals surface area contributed by atoms with Crippen molar-refractivity contribution in [2.75, 3.05) is 18.1 Å². The summed E-state index contributed by atoms with van der Waals surface area (Å²) in [5, 5.41) is 0.744. The molecular formula is C16H20ClNO3S. The monoisotopic (exact) mass is 341 g/mol. The zero-order chi connectivity index (χ0) is 15.3. The summed E-state index contributed by atoms with van der Waals surface area (Å²) in [6.07, 6.45) is 3.99. The third-order valence-electron chi connectivity index (χ3n) is 4.87. The molecule has 1 atom stereocenters. The Kier molecular flexibility index (Phi) is 3.62. The Hall–Kier alpha value is -0.780. The molecule has 0 unspecified atom stereocenters. The van der Waals surface area contributed by atoms with Crippen molar-refractivity contribution in [1.29, 1.82) is 0 Å². The second-order valence-corrected chi connectivity index (χ2v) is 9.28. The summed E-state index contributed by atoms with van der Waals surface area (Å²) in [6.45, 7) is 1.46. The number of halogens is 1. The molecule has 0 radical (unpaired) electrons. The molecule has 3 aliphatic rings. The molecule has 0 bridgehead atoms. The maximum absolute atomic E-state index is 11.8. The van der Waals surface area contributed by atoms with Gasteiger partial charge in [0, 0.05) is 35.6 Å². The van der Waals surface area contributed by atoms with Crippen LogP contribution >= 0.6 is 11.6 Å². The lowest BCUT2D eigenvalue weighted by atomic mass is 10.1. The van der Waals surface area contributed by atoms with Gasteiger partial charge in [-0.3, -0.25) is 4.90 Å². The van der Waals surface area contributed by atoms with Crippen molar-refractivity contribution in [2.24, 2.45) is 0 Å². The van der Waals surface area contributed by atoms with Crippen molar-refractivity contribution >= 4 is 21.4 Å². The Labute approximate surface area is 136 Å². The highest BCUT2D eigenvalue weighted by molar-refractivity contribution is 7.91. The van der Waals surface area contributed by atoms with Crippen LogP contribution in [0.15, 0.2) is 12.1 Å². The van der Waals surface area contributed by atoms with E-state index in [1.54, 1.807) is 0 Å². The molecule has 1 saturated heterocycles. The second-order valence-electron chi connectivity index (χ2n) is 6.61. The number of hydrogen-bond acceptors (Lipinski definition) is 4. The molecule has 1 aliphatic carbocycles. The fourth-order valence-electron chi connectivity index (χ4n) is 3.66. The largest absolute Gasteiger partial charge is 0.493 e. The van der Waals surface area contributed by atoms with Gasteiger partial charge >= 0.3 is 0 Å². The number of ether oxygens (including phenoxy) is 1. The van der Waals surface area contributed by atoms with Gasteiger partial charge in [-0.1, -0.05) is 11.6 Å². The first kappa shape index (κ1) is 14.8. The van der Waals surface area contributed by atoms with Crippen LogP contribution in [0.4, 0.5) is 0 Å². The summed E-state index contributed by atoms with van der Waals surface area (Å²) in [7, 11) is -2.86. The van der Waals surface area contributed by atoms with E-state index >= 15 is 0 Å². The normalized spacial score (nSPS) is 26.2. The van der Waals surface area contributed by atoms with E-state index in [2.05, 4.69) is 4.90 Å². The van der Waals surface area contributed by atoms with Gasteiger partial charge in [0.1, 0.15) is 5.75 Å². The predicted molar refractivity (Wildman–Crippen MR) is 86.3 cm³/mol. The van der Waals surface area contributed by atoms with E-state index in [1.807, 2.05) is 12.1 Å². The Morgan fingerprint density at radius 1 is 1.23 bits per heavy atom. The molecule has 1 aromatic rings. The van der Waals surface area contributed by atoms with Crippen molar-refractivity contribution in [1.82, 2.24) is 4.90 Å². The van der Waals surface area contributed by atoms with Crippen LogP contribution in [0.3, 0.4) is 0 Å². The first-order valence-corrected chi connectivity index (χ1v) is 10.1. The minimum Gasteiger partial charge on any atom is -0.493 e. The lowest BCUT2D eigenvalue weighted by Crippen LogP contribution is -2.37. The van der Waals surface area contributed by atoms with Gasteiger partial charge in [0.25, 0.3) is 0 Å². The molecule has 2 aliphatic heterocycles. The first-order valence-electron chi connectivity index (χ1n) is 7.92. The average Bonchev–Trinajstić information content (AvgIpc) is 3.07. The van der Waals surface area contributed by atoms with Crippen LogP contribution in [-0.2, 0) is 22.8 Å². The van der Waals surface area contributed by atoms with Gasteiger partial charge in [-0.05, 0) is 37.0 Å². The van der Waals surface area contributed by atoms with Crippen LogP contribution in [0.5, 0.6) is 5.75 Å². The molecular weight excluding hydrogens is 322 g/mol. The zero-order valence-electron chi connectivity index (χ0n) is 12.4. The minimum atomic E-state index is -2.86. The zero-order valence-corrected chi connectivity index (χ0v) is 14.0. The fraction of sp³-hybridized carbons (Fsp3) is 0.625. The van der Waals surface area contributed by atoms with E-state index in [9.17, 15) is 8.42 Å². The number of hydrogen-bond donors (Lipinski definition) is 0. The van der Waals surface area contributed by atoms with Crippen LogP contribution in [0, 0.1) is 0 Å². The van der Waals surface area contributed by atoms with E-state index in [-0.39, 0.29) is 6.04 Å². The molecule has 0 amide bonds. The van der Waals surface area contributed by atoms with Crippen LogP contribution in [-0.4, -0.2) is 43.5 Å². The number of rotatable bonds is 4. The van der Waals surface area contributed by atoms with E-state index < -0.39 is 9.84 Å². The molecule has 2 fully saturated rings. The lowest BCUT2D eigenvalue weighted by molar-refractivity contribution is 0.190. The fourth-order valence-corrected chi connectivity index (χ4v) is 5.67. The lowest BCUT2D eigenvalue weighted by Gasteiger charge is -2.28. The van der Waals surface area contributed by atoms with Crippen molar-refractivity contribution in [3.8, 4) is 5.75 Å². The van der Waals surface area contributed by atoms with Crippen LogP contribution < -0.4 is 4.74 Å². The highest BCUT2D eigenvalue weighted by Crippen LogP contribution is 2.38. The first-order chi connectivity index (χ1) is 10.5. The SMILES string of the molecule is O=S1(=O)CC[C@H](N(Cc2cc(Cl)cc3c2OCC3)C2CC2)C1. The van der Waals surface area contributed by atoms with Gasteiger partial charge in [-0.2, -0.15) is 0 Å². The van der Waals surface area contributed by atoms with Crippen molar-refractivity contribution in [3.05, 3.63) is 28.3 Å². The smallest absolute Gasteiger partial charge is 0.151 e. The molecule has 4 rings (SSSR count). The molecule has 1 saturated carbocycles. The quantitative estimate of drug-likeness (QED) is 0.844. The Morgan fingerprint density at radius 2 is 2.05 bits per heavy atom. The summed E-state index contributed by atoms with van der Waals surface area (Å²) in [5.74, 6) is 1.59. The molecule has 4 nitrogen and oxygen atoms in total. The summed E-state index contributed by atoms with van der Waals surface area (Å²) < 4.78 is 29.4. The summed E-state index contributed by atoms with van der Waals surface area (Å²) in [5.41, 5.74) is 2.29. The van der Waals surface area contributed by atoms with Crippen molar-refractivity contribution in [2.45, 2.75) is 44.3 Å². The van der Waals surface area contributed by atoms with Crippen LogP contribution in [0.25, 0.3) is 0 Å². The summed E-state index contributed by atoms with van der Waals surface area (Å²) in [6, 6.07) is 4.63. The minimum absolute atomic E-state index is 0.147. The highest BCUT2D eigenvalue weighted by atomic mass is 35.5. The van der Waals surface area contributed by atoms with Gasteiger partial charge in [0.05, 0.1) is 18.1 Å². The molecule has 0 spiro atoms. The third kappa shape index (κ3) is 2.86.